The maximum absolute atomic E-state index is 10.7. The van der Waals surface area contributed by atoms with Crippen molar-refractivity contribution in [2.75, 3.05) is 20.3 Å². The molecule has 0 saturated heterocycles. The van der Waals surface area contributed by atoms with Crippen LogP contribution in [0.5, 0.6) is 17.2 Å². The maximum atomic E-state index is 10.7. The lowest BCUT2D eigenvalue weighted by Crippen LogP contribution is -2.09. The van der Waals surface area contributed by atoms with Crippen molar-refractivity contribution in [3.8, 4) is 17.2 Å². The van der Waals surface area contributed by atoms with E-state index in [-0.39, 0.29) is 28.0 Å². The van der Waals surface area contributed by atoms with E-state index in [0.717, 1.165) is 5.56 Å². The summed E-state index contributed by atoms with van der Waals surface area (Å²) < 4.78 is 14.7. The van der Waals surface area contributed by atoms with Crippen molar-refractivity contribution in [2.24, 2.45) is 0 Å². The van der Waals surface area contributed by atoms with E-state index in [4.69, 9.17) is 87.5 Å². The molecular weight excluding hydrogens is 622 g/mol. The van der Waals surface area contributed by atoms with E-state index in [0.29, 0.717) is 26.6 Å². The molecule has 3 aromatic rings. The number of carbonyl (C=O) groups is 3. The molecule has 0 fully saturated rings. The van der Waals surface area contributed by atoms with Crippen molar-refractivity contribution >= 4 is 75.9 Å². The highest BCUT2D eigenvalue weighted by Gasteiger charge is 2.18. The normalized spacial score (nSPS) is 9.72. The number of rotatable bonds is 8. The molecule has 0 amide bonds. The van der Waals surface area contributed by atoms with Crippen molar-refractivity contribution in [1.82, 2.24) is 0 Å². The first-order chi connectivity index (χ1) is 18.3. The first-order valence-electron chi connectivity index (χ1n) is 10.4. The molecule has 0 saturated carbocycles. The molecule has 0 bridgehead atoms. The second kappa shape index (κ2) is 16.8. The third-order valence-corrected chi connectivity index (χ3v) is 5.59. The number of carboxylic acids is 3. The molecule has 39 heavy (non-hydrogen) atoms. The summed E-state index contributed by atoms with van der Waals surface area (Å²) in [7, 11) is 1.34. The van der Waals surface area contributed by atoms with Gasteiger partial charge in [-0.1, -0.05) is 58.0 Å². The van der Waals surface area contributed by atoms with E-state index in [2.05, 4.69) is 0 Å². The Bertz CT molecular complexity index is 1250. The van der Waals surface area contributed by atoms with Gasteiger partial charge in [0.15, 0.2) is 19.0 Å². The molecule has 0 radical (unpaired) electrons. The minimum absolute atomic E-state index is 0.0849. The summed E-state index contributed by atoms with van der Waals surface area (Å²) in [6.07, 6.45) is 0. The Morgan fingerprint density at radius 3 is 1.62 bits per heavy atom. The van der Waals surface area contributed by atoms with E-state index < -0.39 is 24.5 Å². The lowest BCUT2D eigenvalue weighted by molar-refractivity contribution is -0.140. The van der Waals surface area contributed by atoms with E-state index >= 15 is 0 Å². The van der Waals surface area contributed by atoms with Crippen LogP contribution in [0.15, 0.2) is 48.5 Å². The molecule has 0 atom stereocenters. The van der Waals surface area contributed by atoms with Gasteiger partial charge in [-0.2, -0.15) is 0 Å². The summed E-state index contributed by atoms with van der Waals surface area (Å²) in [5.41, 5.74) is 0.713. The molecule has 3 aromatic carbocycles. The Morgan fingerprint density at radius 1 is 0.692 bits per heavy atom. The van der Waals surface area contributed by atoms with Gasteiger partial charge in [-0.15, -0.1) is 0 Å². The number of aliphatic carboxylic acids is 2. The van der Waals surface area contributed by atoms with Crippen LogP contribution in [0.1, 0.15) is 15.9 Å². The first-order valence-corrected chi connectivity index (χ1v) is 12.3. The quantitative estimate of drug-likeness (QED) is 0.231. The minimum atomic E-state index is -1.16. The summed E-state index contributed by atoms with van der Waals surface area (Å²) in [6.45, 7) is 1.06. The Hall–Kier alpha value is -3.08. The van der Waals surface area contributed by atoms with E-state index in [1.165, 1.54) is 31.4 Å². The van der Waals surface area contributed by atoms with Gasteiger partial charge in [0.05, 0.1) is 22.2 Å². The summed E-state index contributed by atoms with van der Waals surface area (Å²) >= 11 is 28.4. The van der Waals surface area contributed by atoms with Crippen LogP contribution in [-0.4, -0.2) is 53.6 Å². The number of methoxy groups -OCH3 is 1. The number of halogens is 5. The molecule has 0 heterocycles. The van der Waals surface area contributed by atoms with Crippen molar-refractivity contribution in [2.45, 2.75) is 6.92 Å². The number of hydrogen-bond acceptors (Lipinski definition) is 6. The van der Waals surface area contributed by atoms with Gasteiger partial charge in [-0.25, -0.2) is 14.4 Å². The highest BCUT2D eigenvalue weighted by Crippen LogP contribution is 2.33. The average molecular weight is 643 g/mol. The van der Waals surface area contributed by atoms with Gasteiger partial charge >= 0.3 is 17.9 Å². The summed E-state index contributed by atoms with van der Waals surface area (Å²) in [5, 5.41) is 27.2. The lowest BCUT2D eigenvalue weighted by Gasteiger charge is -2.07. The zero-order chi connectivity index (χ0) is 29.7. The molecule has 210 valence electrons. The smallest absolute Gasteiger partial charge is 0.341 e. The van der Waals surface area contributed by atoms with Crippen LogP contribution in [0.2, 0.25) is 25.1 Å². The zero-order valence-corrected chi connectivity index (χ0v) is 24.0. The van der Waals surface area contributed by atoms with Gasteiger partial charge < -0.3 is 29.5 Å². The first kappa shape index (κ1) is 33.9. The summed E-state index contributed by atoms with van der Waals surface area (Å²) in [5.74, 6) is -2.26. The highest BCUT2D eigenvalue weighted by molar-refractivity contribution is 6.37. The monoisotopic (exact) mass is 640 g/mol. The Labute approximate surface area is 248 Å². The summed E-state index contributed by atoms with van der Waals surface area (Å²) in [6, 6.07) is 12.5. The summed E-state index contributed by atoms with van der Waals surface area (Å²) in [4.78, 5) is 31.1. The molecule has 0 aliphatic rings. The lowest BCUT2D eigenvalue weighted by atomic mass is 10.2. The molecule has 0 aliphatic heterocycles. The van der Waals surface area contributed by atoms with E-state index in [9.17, 15) is 14.4 Å². The fraction of sp³-hybridized carbons (Fsp3) is 0.160. The number of carboxylic acid groups (broad SMARTS) is 3. The van der Waals surface area contributed by atoms with Gasteiger partial charge in [-0.3, -0.25) is 0 Å². The van der Waals surface area contributed by atoms with E-state index in [1.54, 1.807) is 24.3 Å². The minimum Gasteiger partial charge on any atom is -0.494 e. The van der Waals surface area contributed by atoms with Gasteiger partial charge in [-0.05, 0) is 61.0 Å². The number of aromatic carboxylic acids is 1. The fourth-order valence-electron chi connectivity index (χ4n) is 2.58. The van der Waals surface area contributed by atoms with Crippen LogP contribution in [0.3, 0.4) is 0 Å². The molecule has 3 rings (SSSR count). The fourth-order valence-corrected chi connectivity index (χ4v) is 3.73. The van der Waals surface area contributed by atoms with Gasteiger partial charge in [0, 0.05) is 10.0 Å². The topological polar surface area (TPSA) is 140 Å². The predicted molar refractivity (Wildman–Crippen MR) is 149 cm³/mol. The maximum Gasteiger partial charge on any atom is 0.341 e. The van der Waals surface area contributed by atoms with Gasteiger partial charge in [0.2, 0.25) is 0 Å². The van der Waals surface area contributed by atoms with E-state index in [1.807, 2.05) is 6.92 Å². The molecule has 0 unspecified atom stereocenters. The number of hydrogen-bond donors (Lipinski definition) is 3. The molecule has 9 nitrogen and oxygen atoms in total. The second-order valence-electron chi connectivity index (χ2n) is 7.09. The van der Waals surface area contributed by atoms with Crippen LogP contribution >= 0.6 is 58.0 Å². The average Bonchev–Trinajstić information content (AvgIpc) is 2.84. The number of benzene rings is 3. The Balaban J connectivity index is 0.000000292. The molecular formula is C25H21Cl5O9. The number of ether oxygens (including phenoxy) is 3. The Kier molecular flexibility index (Phi) is 14.6. The largest absolute Gasteiger partial charge is 0.494 e. The molecule has 0 aromatic heterocycles. The van der Waals surface area contributed by atoms with Gasteiger partial charge in [0.1, 0.15) is 17.1 Å². The SMILES string of the molecule is COc1c(Cl)ccc(Cl)c1C(=O)O.Cc1cc(Cl)ccc1OCC(=O)O.O=C(O)COc1ccc(Cl)cc1Cl. The standard InChI is InChI=1S/C9H9ClO3.2C8H6Cl2O3/c1-6-4-7(10)2-3-8(6)13-5-9(11)12;1-13-7-5(10)3-2-4(9)6(7)8(11)12;9-5-1-2-7(6(10)3-5)13-4-8(11)12/h2-4H,5H2,1H3,(H,11,12);2-3H,1H3,(H,11,12);1-3H,4H2,(H,11,12). The highest BCUT2D eigenvalue weighted by atomic mass is 35.5. The van der Waals surface area contributed by atoms with Crippen molar-refractivity contribution in [3.63, 3.8) is 0 Å². The molecule has 3 N–H and O–H groups in total. The van der Waals surface area contributed by atoms with Crippen molar-refractivity contribution in [1.29, 1.82) is 0 Å². The van der Waals surface area contributed by atoms with Crippen LogP contribution in [0.4, 0.5) is 0 Å². The van der Waals surface area contributed by atoms with Crippen LogP contribution in [-0.2, 0) is 9.59 Å². The molecule has 0 aliphatic carbocycles. The van der Waals surface area contributed by atoms with Crippen molar-refractivity contribution in [3.05, 3.63) is 84.8 Å². The van der Waals surface area contributed by atoms with Crippen LogP contribution in [0, 0.1) is 6.92 Å². The van der Waals surface area contributed by atoms with Crippen LogP contribution < -0.4 is 14.2 Å². The van der Waals surface area contributed by atoms with Crippen LogP contribution in [0.25, 0.3) is 0 Å². The van der Waals surface area contributed by atoms with Gasteiger partial charge in [0.25, 0.3) is 0 Å². The van der Waals surface area contributed by atoms with Crippen molar-refractivity contribution < 1.29 is 43.9 Å². The second-order valence-corrected chi connectivity index (χ2v) is 9.19. The predicted octanol–water partition coefficient (Wildman–Crippen LogP) is 7.27. The third-order valence-electron chi connectivity index (χ3n) is 4.21. The zero-order valence-electron chi connectivity index (χ0n) is 20.2. The molecule has 0 spiro atoms. The number of aryl methyl sites for hydroxylation is 1. The Morgan fingerprint density at radius 2 is 1.18 bits per heavy atom. The molecule has 14 heteroatoms. The third kappa shape index (κ3) is 12.1.